The molecule has 1 N–H and O–H groups in total. The Morgan fingerprint density at radius 3 is 2.36 bits per heavy atom. The van der Waals surface area contributed by atoms with E-state index < -0.39 is 11.7 Å². The maximum absolute atomic E-state index is 14.1. The van der Waals surface area contributed by atoms with E-state index in [0.717, 1.165) is 17.7 Å². The number of para-hydroxylation sites is 2. The van der Waals surface area contributed by atoms with E-state index in [0.29, 0.717) is 17.8 Å². The molecule has 166 valence electrons. The first-order chi connectivity index (χ1) is 16.0. The first-order valence-electron chi connectivity index (χ1n) is 10.9. The minimum absolute atomic E-state index is 0.0190. The van der Waals surface area contributed by atoms with Gasteiger partial charge in [-0.05, 0) is 54.4 Å². The Labute approximate surface area is 190 Å². The lowest BCUT2D eigenvalue weighted by molar-refractivity contribution is -0.122. The van der Waals surface area contributed by atoms with Gasteiger partial charge in [0, 0.05) is 36.4 Å². The fourth-order valence-corrected chi connectivity index (χ4v) is 4.43. The highest BCUT2D eigenvalue weighted by molar-refractivity contribution is 6.08. The number of nitrogens with one attached hydrogen (secondary N) is 1. The first kappa shape index (κ1) is 20.9. The highest BCUT2D eigenvalue weighted by atomic mass is 19.1. The number of carbonyl (C=O) groups is 3. The first-order valence-corrected chi connectivity index (χ1v) is 10.9. The zero-order valence-corrected chi connectivity index (χ0v) is 17.8. The van der Waals surface area contributed by atoms with Crippen LogP contribution in [0.4, 0.5) is 21.5 Å². The third-order valence-electron chi connectivity index (χ3n) is 6.17. The molecular formula is C26H22FN3O3. The van der Waals surface area contributed by atoms with Gasteiger partial charge in [0.1, 0.15) is 5.82 Å². The Kier molecular flexibility index (Phi) is 5.38. The van der Waals surface area contributed by atoms with Crippen molar-refractivity contribution in [3.63, 3.8) is 0 Å². The second kappa shape index (κ2) is 8.50. The summed E-state index contributed by atoms with van der Waals surface area (Å²) in [6.45, 7) is 0.765. The normalized spacial score (nSPS) is 17.2. The van der Waals surface area contributed by atoms with Gasteiger partial charge in [0.15, 0.2) is 0 Å². The Bertz CT molecular complexity index is 1240. The molecule has 5 rings (SSSR count). The van der Waals surface area contributed by atoms with E-state index in [9.17, 15) is 18.8 Å². The molecule has 1 unspecified atom stereocenters. The van der Waals surface area contributed by atoms with Crippen LogP contribution in [0.1, 0.15) is 22.3 Å². The van der Waals surface area contributed by atoms with Gasteiger partial charge in [-0.3, -0.25) is 14.4 Å². The maximum Gasteiger partial charge on any atom is 0.258 e. The van der Waals surface area contributed by atoms with Crippen LogP contribution in [0, 0.1) is 11.7 Å². The third kappa shape index (κ3) is 3.98. The van der Waals surface area contributed by atoms with Crippen molar-refractivity contribution in [2.75, 3.05) is 28.2 Å². The molecule has 0 saturated carbocycles. The maximum atomic E-state index is 14.1. The molecule has 3 aromatic rings. The fraction of sp³-hybridized carbons (Fsp3) is 0.192. The number of anilines is 3. The van der Waals surface area contributed by atoms with E-state index in [1.807, 2.05) is 24.3 Å². The van der Waals surface area contributed by atoms with Crippen LogP contribution in [-0.2, 0) is 16.0 Å². The SMILES string of the molecule is O=C(Nc1ccc(C(=O)N2CCc3ccccc32)cc1)C1CC(=O)N(c2ccccc2F)C1. The van der Waals surface area contributed by atoms with Gasteiger partial charge >= 0.3 is 0 Å². The predicted octanol–water partition coefficient (Wildman–Crippen LogP) is 4.02. The average molecular weight is 443 g/mol. The monoisotopic (exact) mass is 443 g/mol. The summed E-state index contributed by atoms with van der Waals surface area (Å²) in [5.41, 5.74) is 3.35. The van der Waals surface area contributed by atoms with Crippen LogP contribution in [0.25, 0.3) is 0 Å². The van der Waals surface area contributed by atoms with Crippen molar-refractivity contribution >= 4 is 34.8 Å². The summed E-state index contributed by atoms with van der Waals surface area (Å²) in [6, 6.07) is 20.6. The second-order valence-corrected chi connectivity index (χ2v) is 8.26. The Morgan fingerprint density at radius 2 is 1.61 bits per heavy atom. The Balaban J connectivity index is 1.24. The van der Waals surface area contributed by atoms with E-state index in [4.69, 9.17) is 0 Å². The van der Waals surface area contributed by atoms with Crippen LogP contribution in [0.2, 0.25) is 0 Å². The van der Waals surface area contributed by atoms with Crippen molar-refractivity contribution in [3.8, 4) is 0 Å². The van der Waals surface area contributed by atoms with Crippen LogP contribution < -0.4 is 15.1 Å². The van der Waals surface area contributed by atoms with Crippen molar-refractivity contribution in [3.05, 3.63) is 89.7 Å². The molecule has 7 heteroatoms. The Morgan fingerprint density at radius 1 is 0.909 bits per heavy atom. The predicted molar refractivity (Wildman–Crippen MR) is 124 cm³/mol. The number of halogens is 1. The molecule has 33 heavy (non-hydrogen) atoms. The van der Waals surface area contributed by atoms with Gasteiger partial charge in [-0.25, -0.2) is 4.39 Å². The third-order valence-corrected chi connectivity index (χ3v) is 6.17. The van der Waals surface area contributed by atoms with E-state index in [-0.39, 0.29) is 36.4 Å². The van der Waals surface area contributed by atoms with E-state index in [1.54, 1.807) is 41.3 Å². The molecule has 0 radical (unpaired) electrons. The number of carbonyl (C=O) groups excluding carboxylic acids is 3. The van der Waals surface area contributed by atoms with Crippen LogP contribution in [0.3, 0.4) is 0 Å². The van der Waals surface area contributed by atoms with E-state index >= 15 is 0 Å². The summed E-state index contributed by atoms with van der Waals surface area (Å²) in [7, 11) is 0. The summed E-state index contributed by atoms with van der Waals surface area (Å²) in [5.74, 6) is -1.76. The van der Waals surface area contributed by atoms with Crippen LogP contribution in [0.15, 0.2) is 72.8 Å². The molecule has 2 heterocycles. The molecule has 3 amide bonds. The summed E-state index contributed by atoms with van der Waals surface area (Å²) < 4.78 is 14.1. The summed E-state index contributed by atoms with van der Waals surface area (Å²) in [5, 5.41) is 2.81. The van der Waals surface area contributed by atoms with Gasteiger partial charge in [0.25, 0.3) is 5.91 Å². The van der Waals surface area contributed by atoms with Gasteiger partial charge in [0.2, 0.25) is 11.8 Å². The summed E-state index contributed by atoms with van der Waals surface area (Å²) in [4.78, 5) is 41.1. The van der Waals surface area contributed by atoms with Gasteiger partial charge in [-0.1, -0.05) is 30.3 Å². The Hall–Kier alpha value is -4.00. The minimum Gasteiger partial charge on any atom is -0.326 e. The van der Waals surface area contributed by atoms with Crippen molar-refractivity contribution < 1.29 is 18.8 Å². The molecule has 0 aromatic heterocycles. The molecule has 1 atom stereocenters. The quantitative estimate of drug-likeness (QED) is 0.662. The van der Waals surface area contributed by atoms with Crippen molar-refractivity contribution in [1.29, 1.82) is 0 Å². The number of amides is 3. The molecule has 0 spiro atoms. The minimum atomic E-state index is -0.584. The zero-order chi connectivity index (χ0) is 22.9. The van der Waals surface area contributed by atoms with Crippen LogP contribution in [-0.4, -0.2) is 30.8 Å². The summed E-state index contributed by atoms with van der Waals surface area (Å²) in [6.07, 6.45) is 0.852. The number of nitrogens with zero attached hydrogens (tertiary/aromatic N) is 2. The number of fused-ring (bicyclic) bond motifs is 1. The van der Waals surface area contributed by atoms with Crippen molar-refractivity contribution in [1.82, 2.24) is 0 Å². The van der Waals surface area contributed by atoms with Gasteiger partial charge < -0.3 is 15.1 Å². The molecule has 0 aliphatic carbocycles. The van der Waals surface area contributed by atoms with Crippen LogP contribution >= 0.6 is 0 Å². The lowest BCUT2D eigenvalue weighted by Gasteiger charge is -2.18. The molecule has 1 fully saturated rings. The van der Waals surface area contributed by atoms with Crippen molar-refractivity contribution in [2.24, 2.45) is 5.92 Å². The molecule has 1 saturated heterocycles. The topological polar surface area (TPSA) is 69.7 Å². The van der Waals surface area contributed by atoms with E-state index in [1.165, 1.54) is 17.0 Å². The lowest BCUT2D eigenvalue weighted by atomic mass is 10.1. The molecule has 3 aromatic carbocycles. The lowest BCUT2D eigenvalue weighted by Crippen LogP contribution is -2.29. The largest absolute Gasteiger partial charge is 0.326 e. The molecule has 2 aliphatic rings. The highest BCUT2D eigenvalue weighted by Gasteiger charge is 2.36. The molecule has 2 aliphatic heterocycles. The number of benzene rings is 3. The van der Waals surface area contributed by atoms with Crippen molar-refractivity contribution in [2.45, 2.75) is 12.8 Å². The van der Waals surface area contributed by atoms with Crippen LogP contribution in [0.5, 0.6) is 0 Å². The zero-order valence-electron chi connectivity index (χ0n) is 17.8. The average Bonchev–Trinajstić information content (AvgIpc) is 3.43. The number of hydrogen-bond acceptors (Lipinski definition) is 3. The molecule has 0 bridgehead atoms. The number of rotatable bonds is 4. The van der Waals surface area contributed by atoms with E-state index in [2.05, 4.69) is 5.32 Å². The van der Waals surface area contributed by atoms with Gasteiger partial charge in [0.05, 0.1) is 11.6 Å². The number of hydrogen-bond donors (Lipinski definition) is 1. The van der Waals surface area contributed by atoms with Gasteiger partial charge in [-0.15, -0.1) is 0 Å². The summed E-state index contributed by atoms with van der Waals surface area (Å²) >= 11 is 0. The molecular weight excluding hydrogens is 421 g/mol. The fourth-order valence-electron chi connectivity index (χ4n) is 4.43. The highest BCUT2D eigenvalue weighted by Crippen LogP contribution is 2.30. The van der Waals surface area contributed by atoms with Gasteiger partial charge in [-0.2, -0.15) is 0 Å². The standard InChI is InChI=1S/C26H22FN3O3/c27-21-6-2-4-8-23(21)30-16-19(15-24(30)31)25(32)28-20-11-9-18(10-12-20)26(33)29-14-13-17-5-1-3-7-22(17)29/h1-12,19H,13-16H2,(H,28,32). The second-order valence-electron chi connectivity index (χ2n) is 8.26. The smallest absolute Gasteiger partial charge is 0.258 e. The molecule has 6 nitrogen and oxygen atoms in total.